The Hall–Kier alpha value is -4.24. The molecule has 2 aromatic carbocycles. The molecule has 0 aliphatic rings. The van der Waals surface area contributed by atoms with Gasteiger partial charge in [-0.3, -0.25) is 10.1 Å². The number of nitro groups is 1. The van der Waals surface area contributed by atoms with Crippen LogP contribution in [-0.4, -0.2) is 15.8 Å². The van der Waals surface area contributed by atoms with Crippen LogP contribution in [0.25, 0.3) is 22.4 Å². The second kappa shape index (κ2) is 8.12. The number of aryl methyl sites for hydroxylation is 1. The normalized spacial score (nSPS) is 12.2. The molecule has 5 aromatic rings. The third-order valence-electron chi connectivity index (χ3n) is 4.72. The molecule has 0 spiro atoms. The molecule has 0 atom stereocenters. The van der Waals surface area contributed by atoms with Gasteiger partial charge in [0.1, 0.15) is 28.5 Å². The van der Waals surface area contributed by atoms with Crippen LogP contribution in [0, 0.1) is 17.0 Å². The van der Waals surface area contributed by atoms with Crippen LogP contribution in [0.4, 0.5) is 11.4 Å². The van der Waals surface area contributed by atoms with Gasteiger partial charge in [-0.1, -0.05) is 30.3 Å². The highest BCUT2D eigenvalue weighted by Crippen LogP contribution is 2.29. The van der Waals surface area contributed by atoms with Crippen molar-refractivity contribution in [2.24, 2.45) is 10.1 Å². The second-order valence-corrected chi connectivity index (χ2v) is 7.75. The largest absolute Gasteiger partial charge is 0.460 e. The van der Waals surface area contributed by atoms with E-state index in [-0.39, 0.29) is 11.4 Å². The molecule has 0 aliphatic heterocycles. The molecule has 0 saturated heterocycles. The lowest BCUT2D eigenvalue weighted by molar-refractivity contribution is -0.384. The molecule has 32 heavy (non-hydrogen) atoms. The van der Waals surface area contributed by atoms with Crippen molar-refractivity contribution >= 4 is 39.9 Å². The number of rotatable bonds is 5. The molecular weight excluding hydrogens is 428 g/mol. The summed E-state index contributed by atoms with van der Waals surface area (Å²) < 4.78 is 13.2. The van der Waals surface area contributed by atoms with E-state index >= 15 is 0 Å². The lowest BCUT2D eigenvalue weighted by Crippen LogP contribution is -2.11. The Morgan fingerprint density at radius 1 is 1.06 bits per heavy atom. The molecule has 3 aromatic heterocycles. The van der Waals surface area contributed by atoms with Crippen molar-refractivity contribution in [2.45, 2.75) is 6.92 Å². The third-order valence-corrected chi connectivity index (χ3v) is 5.54. The van der Waals surface area contributed by atoms with Crippen LogP contribution in [0.15, 0.2) is 91.0 Å². The third kappa shape index (κ3) is 3.77. The van der Waals surface area contributed by atoms with Crippen molar-refractivity contribution in [3.05, 3.63) is 98.5 Å². The zero-order valence-corrected chi connectivity index (χ0v) is 17.7. The summed E-state index contributed by atoms with van der Waals surface area (Å²) >= 11 is 1.31. The first kappa shape index (κ1) is 19.7. The molecular formula is C23H16N4O4S. The average Bonchev–Trinajstić information content (AvgIpc) is 3.50. The number of benzene rings is 2. The Kier molecular flexibility index (Phi) is 5.00. The molecule has 3 heterocycles. The molecule has 0 N–H and O–H groups in total. The number of hydrogen-bond acceptors (Lipinski definition) is 7. The smallest absolute Gasteiger partial charge is 0.294 e. The second-order valence-electron chi connectivity index (χ2n) is 6.91. The van der Waals surface area contributed by atoms with Gasteiger partial charge in [-0.05, 0) is 37.3 Å². The van der Waals surface area contributed by atoms with Crippen molar-refractivity contribution in [1.29, 1.82) is 0 Å². The number of nitrogens with zero attached hydrogens (tertiary/aromatic N) is 4. The van der Waals surface area contributed by atoms with Crippen LogP contribution in [-0.2, 0) is 0 Å². The number of para-hydroxylation sites is 3. The Bertz CT molecular complexity index is 1500. The van der Waals surface area contributed by atoms with Gasteiger partial charge < -0.3 is 8.83 Å². The number of fused-ring (bicyclic) bond motifs is 1. The summed E-state index contributed by atoms with van der Waals surface area (Å²) in [5.41, 5.74) is 1.59. The van der Waals surface area contributed by atoms with Crippen molar-refractivity contribution < 1.29 is 13.8 Å². The van der Waals surface area contributed by atoms with Crippen LogP contribution in [0.5, 0.6) is 0 Å². The summed E-state index contributed by atoms with van der Waals surface area (Å²) in [6, 6.07) is 19.6. The highest BCUT2D eigenvalue weighted by molar-refractivity contribution is 7.07. The lowest BCUT2D eigenvalue weighted by Gasteiger charge is -2.00. The lowest BCUT2D eigenvalue weighted by atomic mass is 10.2. The van der Waals surface area contributed by atoms with E-state index in [1.54, 1.807) is 29.1 Å². The minimum absolute atomic E-state index is 0.0802. The van der Waals surface area contributed by atoms with Crippen molar-refractivity contribution in [3.63, 3.8) is 0 Å². The fourth-order valence-electron chi connectivity index (χ4n) is 3.22. The Labute approximate surface area is 185 Å². The minimum Gasteiger partial charge on any atom is -0.460 e. The van der Waals surface area contributed by atoms with Gasteiger partial charge in [0.25, 0.3) is 5.69 Å². The molecule has 0 amide bonds. The molecule has 0 unspecified atom stereocenters. The van der Waals surface area contributed by atoms with Gasteiger partial charge in [-0.15, -0.1) is 11.3 Å². The van der Waals surface area contributed by atoms with Gasteiger partial charge in [-0.2, -0.15) is 5.10 Å². The molecule has 5 rings (SSSR count). The first-order valence-corrected chi connectivity index (χ1v) is 10.5. The van der Waals surface area contributed by atoms with E-state index in [1.807, 2.05) is 54.8 Å². The molecule has 0 fully saturated rings. The fourth-order valence-corrected chi connectivity index (χ4v) is 4.05. The molecule has 0 aliphatic carbocycles. The molecule has 9 heteroatoms. The van der Waals surface area contributed by atoms with Gasteiger partial charge in [0.05, 0.1) is 11.1 Å². The van der Waals surface area contributed by atoms with Gasteiger partial charge >= 0.3 is 0 Å². The first-order valence-electron chi connectivity index (χ1n) is 9.67. The quantitative estimate of drug-likeness (QED) is 0.192. The molecule has 0 saturated carbocycles. The summed E-state index contributed by atoms with van der Waals surface area (Å²) in [4.78, 5) is 16.0. The van der Waals surface area contributed by atoms with Gasteiger partial charge in [0.2, 0.25) is 4.80 Å². The summed E-state index contributed by atoms with van der Waals surface area (Å²) in [6.45, 7) is 1.85. The van der Waals surface area contributed by atoms with E-state index in [2.05, 4.69) is 10.1 Å². The Balaban J connectivity index is 1.69. The van der Waals surface area contributed by atoms with E-state index in [9.17, 15) is 10.1 Å². The predicted octanol–water partition coefficient (Wildman–Crippen LogP) is 5.89. The molecule has 0 radical (unpaired) electrons. The predicted molar refractivity (Wildman–Crippen MR) is 122 cm³/mol. The Morgan fingerprint density at radius 3 is 2.66 bits per heavy atom. The summed E-state index contributed by atoms with van der Waals surface area (Å²) in [6.07, 6.45) is 1.57. The van der Waals surface area contributed by atoms with Crippen LogP contribution < -0.4 is 4.80 Å². The topological polar surface area (TPSA) is 99.1 Å². The maximum absolute atomic E-state index is 11.4. The zero-order valence-electron chi connectivity index (χ0n) is 16.8. The standard InChI is InChI=1S/C23H16N4O4S/c1-15-10-11-17(30-15)13-24-26-20(22-12-16-6-2-5-9-21(16)31-22)14-32-23(26)25-18-7-3-4-8-19(18)27(28)29/h2-14H,1H3. The maximum Gasteiger partial charge on any atom is 0.294 e. The molecule has 158 valence electrons. The van der Waals surface area contributed by atoms with Crippen molar-refractivity contribution in [1.82, 2.24) is 4.68 Å². The fraction of sp³-hybridized carbons (Fsp3) is 0.0435. The number of aromatic nitrogens is 1. The van der Waals surface area contributed by atoms with Gasteiger partial charge in [0, 0.05) is 16.8 Å². The highest BCUT2D eigenvalue weighted by atomic mass is 32.1. The summed E-state index contributed by atoms with van der Waals surface area (Å²) in [5, 5.41) is 18.8. The molecule has 8 nitrogen and oxygen atoms in total. The van der Waals surface area contributed by atoms with E-state index in [0.29, 0.717) is 22.0 Å². The van der Waals surface area contributed by atoms with E-state index in [0.717, 1.165) is 16.7 Å². The zero-order chi connectivity index (χ0) is 22.1. The van der Waals surface area contributed by atoms with Crippen LogP contribution >= 0.6 is 11.3 Å². The maximum atomic E-state index is 11.4. The van der Waals surface area contributed by atoms with E-state index in [1.165, 1.54) is 17.4 Å². The van der Waals surface area contributed by atoms with Gasteiger partial charge in [0.15, 0.2) is 5.76 Å². The van der Waals surface area contributed by atoms with Crippen molar-refractivity contribution in [2.75, 3.05) is 0 Å². The first-order chi connectivity index (χ1) is 15.6. The SMILES string of the molecule is Cc1ccc(C=Nn2c(-c3cc4ccccc4o3)csc2=Nc2ccccc2[N+](=O)[O-])o1. The summed E-state index contributed by atoms with van der Waals surface area (Å²) in [5.74, 6) is 1.96. The van der Waals surface area contributed by atoms with Crippen LogP contribution in [0.1, 0.15) is 11.5 Å². The minimum atomic E-state index is -0.453. The average molecular weight is 444 g/mol. The molecule has 0 bridgehead atoms. The Morgan fingerprint density at radius 2 is 1.88 bits per heavy atom. The van der Waals surface area contributed by atoms with E-state index in [4.69, 9.17) is 8.83 Å². The number of nitro benzene ring substituents is 1. The number of thiazole rings is 1. The number of hydrogen-bond donors (Lipinski definition) is 0. The van der Waals surface area contributed by atoms with Gasteiger partial charge in [-0.25, -0.2) is 9.67 Å². The summed E-state index contributed by atoms with van der Waals surface area (Å²) in [7, 11) is 0. The van der Waals surface area contributed by atoms with Crippen LogP contribution in [0.3, 0.4) is 0 Å². The number of furan rings is 2. The van der Waals surface area contributed by atoms with E-state index < -0.39 is 4.92 Å². The van der Waals surface area contributed by atoms with Crippen LogP contribution in [0.2, 0.25) is 0 Å². The monoisotopic (exact) mass is 444 g/mol. The highest BCUT2D eigenvalue weighted by Gasteiger charge is 2.15. The van der Waals surface area contributed by atoms with Crippen molar-refractivity contribution in [3.8, 4) is 11.5 Å².